The number of fused-ring (bicyclic) bond motifs is 3. The SMILES string of the molecule is [CH2]Cc1ccc2c(c1)-c1ccccc1C2. The van der Waals surface area contributed by atoms with Crippen molar-refractivity contribution in [2.24, 2.45) is 0 Å². The van der Waals surface area contributed by atoms with Crippen molar-refractivity contribution in [2.45, 2.75) is 12.8 Å². The molecule has 3 rings (SSSR count). The molecule has 0 heterocycles. The van der Waals surface area contributed by atoms with Crippen molar-refractivity contribution in [3.05, 3.63) is 66.1 Å². The van der Waals surface area contributed by atoms with Crippen molar-refractivity contribution < 1.29 is 0 Å². The second-order valence-corrected chi connectivity index (χ2v) is 4.08. The fourth-order valence-electron chi connectivity index (χ4n) is 2.33. The van der Waals surface area contributed by atoms with Crippen LogP contribution >= 0.6 is 0 Å². The van der Waals surface area contributed by atoms with Crippen molar-refractivity contribution in [3.8, 4) is 11.1 Å². The predicted molar refractivity (Wildman–Crippen MR) is 63.7 cm³/mol. The molecule has 0 unspecified atom stereocenters. The van der Waals surface area contributed by atoms with E-state index in [1.807, 2.05) is 0 Å². The molecule has 0 aliphatic heterocycles. The molecule has 0 saturated heterocycles. The third kappa shape index (κ3) is 1.29. The summed E-state index contributed by atoms with van der Waals surface area (Å²) in [4.78, 5) is 0. The molecule has 0 amide bonds. The predicted octanol–water partition coefficient (Wildman–Crippen LogP) is 3.63. The molecule has 2 aromatic carbocycles. The van der Waals surface area contributed by atoms with Gasteiger partial charge in [-0.05, 0) is 47.6 Å². The van der Waals surface area contributed by atoms with E-state index in [1.54, 1.807) is 0 Å². The Labute approximate surface area is 90.6 Å². The van der Waals surface area contributed by atoms with Crippen LogP contribution in [0.4, 0.5) is 0 Å². The highest BCUT2D eigenvalue weighted by atomic mass is 14.2. The molecule has 0 spiro atoms. The zero-order chi connectivity index (χ0) is 10.3. The quantitative estimate of drug-likeness (QED) is 0.553. The fourth-order valence-corrected chi connectivity index (χ4v) is 2.33. The van der Waals surface area contributed by atoms with Crippen LogP contribution in [0, 0.1) is 6.92 Å². The van der Waals surface area contributed by atoms with E-state index in [1.165, 1.54) is 27.8 Å². The molecule has 0 aromatic heterocycles. The molecule has 0 fully saturated rings. The second-order valence-electron chi connectivity index (χ2n) is 4.08. The summed E-state index contributed by atoms with van der Waals surface area (Å²) in [6.07, 6.45) is 1.96. The maximum absolute atomic E-state index is 3.94. The molecule has 0 nitrogen and oxygen atoms in total. The lowest BCUT2D eigenvalue weighted by Crippen LogP contribution is -1.84. The minimum atomic E-state index is 0.870. The molecular formula is C15H13. The highest BCUT2D eigenvalue weighted by Crippen LogP contribution is 2.36. The Morgan fingerprint density at radius 2 is 1.73 bits per heavy atom. The van der Waals surface area contributed by atoms with Crippen LogP contribution in [0.5, 0.6) is 0 Å². The van der Waals surface area contributed by atoms with E-state index < -0.39 is 0 Å². The topological polar surface area (TPSA) is 0 Å². The number of benzene rings is 2. The Morgan fingerprint density at radius 1 is 0.933 bits per heavy atom. The number of hydrogen-bond donors (Lipinski definition) is 0. The standard InChI is InChI=1S/C15H13/c1-2-11-7-8-13-10-12-5-3-4-6-14(12)15(13)9-11/h3-9H,1-2,10H2. The van der Waals surface area contributed by atoms with Gasteiger partial charge in [0, 0.05) is 0 Å². The molecule has 1 aliphatic rings. The summed E-state index contributed by atoms with van der Waals surface area (Å²) in [5.74, 6) is 0. The summed E-state index contributed by atoms with van der Waals surface area (Å²) < 4.78 is 0. The first kappa shape index (κ1) is 8.72. The van der Waals surface area contributed by atoms with Gasteiger partial charge in [0.15, 0.2) is 0 Å². The Hall–Kier alpha value is -1.56. The summed E-state index contributed by atoms with van der Waals surface area (Å²) >= 11 is 0. The van der Waals surface area contributed by atoms with Crippen molar-refractivity contribution in [1.82, 2.24) is 0 Å². The van der Waals surface area contributed by atoms with Gasteiger partial charge in [0.1, 0.15) is 0 Å². The van der Waals surface area contributed by atoms with E-state index in [-0.39, 0.29) is 0 Å². The Balaban J connectivity index is 2.22. The Kier molecular flexibility index (Phi) is 1.88. The molecule has 0 saturated carbocycles. The van der Waals surface area contributed by atoms with Crippen molar-refractivity contribution in [1.29, 1.82) is 0 Å². The largest absolute Gasteiger partial charge is 0.0619 e. The summed E-state index contributed by atoms with van der Waals surface area (Å²) in [5.41, 5.74) is 7.04. The zero-order valence-electron chi connectivity index (χ0n) is 8.66. The third-order valence-electron chi connectivity index (χ3n) is 3.15. The average molecular weight is 193 g/mol. The Morgan fingerprint density at radius 3 is 2.60 bits per heavy atom. The zero-order valence-corrected chi connectivity index (χ0v) is 8.66. The maximum Gasteiger partial charge on any atom is -0.00135 e. The first-order chi connectivity index (χ1) is 7.38. The smallest absolute Gasteiger partial charge is 0.00135 e. The fraction of sp³-hybridized carbons (Fsp3) is 0.133. The van der Waals surface area contributed by atoms with Gasteiger partial charge in [-0.25, -0.2) is 0 Å². The molecule has 2 aromatic rings. The van der Waals surface area contributed by atoms with Gasteiger partial charge in [0.2, 0.25) is 0 Å². The molecule has 1 radical (unpaired) electrons. The minimum absolute atomic E-state index is 0.870. The van der Waals surface area contributed by atoms with Crippen LogP contribution in [0.25, 0.3) is 11.1 Å². The van der Waals surface area contributed by atoms with E-state index in [4.69, 9.17) is 0 Å². The van der Waals surface area contributed by atoms with Gasteiger partial charge in [-0.1, -0.05) is 42.5 Å². The van der Waals surface area contributed by atoms with Crippen LogP contribution in [0.3, 0.4) is 0 Å². The van der Waals surface area contributed by atoms with Gasteiger partial charge in [0.25, 0.3) is 0 Å². The van der Waals surface area contributed by atoms with Crippen molar-refractivity contribution in [3.63, 3.8) is 0 Å². The maximum atomic E-state index is 3.94. The average Bonchev–Trinajstić information content (AvgIpc) is 2.66. The number of rotatable bonds is 1. The van der Waals surface area contributed by atoms with Gasteiger partial charge in [-0.2, -0.15) is 0 Å². The van der Waals surface area contributed by atoms with Gasteiger partial charge < -0.3 is 0 Å². The van der Waals surface area contributed by atoms with Crippen LogP contribution in [0.15, 0.2) is 42.5 Å². The molecule has 15 heavy (non-hydrogen) atoms. The van der Waals surface area contributed by atoms with Gasteiger partial charge >= 0.3 is 0 Å². The lowest BCUT2D eigenvalue weighted by molar-refractivity contribution is 1.23. The summed E-state index contributed by atoms with van der Waals surface area (Å²) in [6, 6.07) is 15.4. The van der Waals surface area contributed by atoms with Crippen molar-refractivity contribution >= 4 is 0 Å². The molecular weight excluding hydrogens is 180 g/mol. The van der Waals surface area contributed by atoms with Gasteiger partial charge in [-0.15, -0.1) is 0 Å². The molecule has 73 valence electrons. The van der Waals surface area contributed by atoms with Gasteiger partial charge in [0.05, 0.1) is 0 Å². The Bertz CT molecular complexity index is 509. The van der Waals surface area contributed by atoms with Gasteiger partial charge in [-0.3, -0.25) is 0 Å². The first-order valence-electron chi connectivity index (χ1n) is 5.38. The van der Waals surface area contributed by atoms with Crippen LogP contribution in [-0.2, 0) is 12.8 Å². The van der Waals surface area contributed by atoms with Crippen LogP contribution in [0.2, 0.25) is 0 Å². The lowest BCUT2D eigenvalue weighted by atomic mass is 10.0. The first-order valence-corrected chi connectivity index (χ1v) is 5.38. The normalized spacial score (nSPS) is 12.3. The highest BCUT2D eigenvalue weighted by molar-refractivity contribution is 5.77. The molecule has 0 N–H and O–H groups in total. The van der Waals surface area contributed by atoms with Crippen LogP contribution in [-0.4, -0.2) is 0 Å². The van der Waals surface area contributed by atoms with Crippen LogP contribution < -0.4 is 0 Å². The van der Waals surface area contributed by atoms with E-state index in [9.17, 15) is 0 Å². The summed E-state index contributed by atoms with van der Waals surface area (Å²) in [6.45, 7) is 3.94. The second kappa shape index (κ2) is 3.23. The summed E-state index contributed by atoms with van der Waals surface area (Å²) in [5, 5.41) is 0. The lowest BCUT2D eigenvalue weighted by Gasteiger charge is -2.03. The summed E-state index contributed by atoms with van der Waals surface area (Å²) in [7, 11) is 0. The monoisotopic (exact) mass is 193 g/mol. The minimum Gasteiger partial charge on any atom is -0.0619 e. The molecule has 0 heteroatoms. The molecule has 0 atom stereocenters. The number of hydrogen-bond acceptors (Lipinski definition) is 0. The highest BCUT2D eigenvalue weighted by Gasteiger charge is 2.17. The van der Waals surface area contributed by atoms with E-state index in [0.717, 1.165) is 12.8 Å². The van der Waals surface area contributed by atoms with Crippen LogP contribution in [0.1, 0.15) is 16.7 Å². The van der Waals surface area contributed by atoms with E-state index in [0.29, 0.717) is 0 Å². The van der Waals surface area contributed by atoms with E-state index in [2.05, 4.69) is 49.4 Å². The van der Waals surface area contributed by atoms with E-state index >= 15 is 0 Å². The van der Waals surface area contributed by atoms with Crippen molar-refractivity contribution in [2.75, 3.05) is 0 Å². The molecule has 0 bridgehead atoms. The molecule has 1 aliphatic carbocycles. The third-order valence-corrected chi connectivity index (χ3v) is 3.15.